The first kappa shape index (κ1) is 8.84. The second-order valence-electron chi connectivity index (χ2n) is 2.97. The predicted octanol–water partition coefficient (Wildman–Crippen LogP) is 1.56. The van der Waals surface area contributed by atoms with Crippen LogP contribution >= 0.6 is 0 Å². The molecule has 0 amide bonds. The molecule has 0 saturated carbocycles. The van der Waals surface area contributed by atoms with Crippen LogP contribution in [-0.4, -0.2) is 15.1 Å². The average molecular weight is 186 g/mol. The van der Waals surface area contributed by atoms with E-state index in [1.807, 2.05) is 6.07 Å². The van der Waals surface area contributed by atoms with Gasteiger partial charge in [-0.1, -0.05) is 6.07 Å². The molecule has 2 aromatic heterocycles. The molecule has 0 aliphatic rings. The van der Waals surface area contributed by atoms with Crippen molar-refractivity contribution >= 4 is 0 Å². The molecule has 2 heterocycles. The van der Waals surface area contributed by atoms with Gasteiger partial charge < -0.3 is 5.11 Å². The van der Waals surface area contributed by atoms with E-state index < -0.39 is 6.10 Å². The summed E-state index contributed by atoms with van der Waals surface area (Å²) in [4.78, 5) is 7.85. The third-order valence-corrected chi connectivity index (χ3v) is 2.02. The lowest BCUT2D eigenvalue weighted by molar-refractivity contribution is 0.220. The van der Waals surface area contributed by atoms with Crippen molar-refractivity contribution in [3.63, 3.8) is 0 Å². The number of nitrogens with zero attached hydrogens (tertiary/aromatic N) is 2. The first-order valence-corrected chi connectivity index (χ1v) is 4.36. The Labute approximate surface area is 82.1 Å². The van der Waals surface area contributed by atoms with E-state index in [2.05, 4.69) is 9.97 Å². The van der Waals surface area contributed by atoms with E-state index in [-0.39, 0.29) is 0 Å². The topological polar surface area (TPSA) is 46.0 Å². The van der Waals surface area contributed by atoms with E-state index in [0.717, 1.165) is 11.1 Å². The Bertz CT molecular complexity index is 349. The highest BCUT2D eigenvalue weighted by molar-refractivity contribution is 5.25. The second kappa shape index (κ2) is 3.98. The first-order chi connectivity index (χ1) is 6.88. The molecular formula is C11H10N2O. The molecular weight excluding hydrogens is 176 g/mol. The van der Waals surface area contributed by atoms with Crippen LogP contribution in [-0.2, 0) is 0 Å². The molecule has 0 aromatic carbocycles. The van der Waals surface area contributed by atoms with Crippen LogP contribution in [0.2, 0.25) is 0 Å². The largest absolute Gasteiger partial charge is 0.384 e. The van der Waals surface area contributed by atoms with Crippen LogP contribution in [0.1, 0.15) is 17.2 Å². The molecule has 0 radical (unpaired) electrons. The van der Waals surface area contributed by atoms with Gasteiger partial charge in [0.25, 0.3) is 0 Å². The minimum atomic E-state index is -0.619. The molecule has 1 atom stereocenters. The Kier molecular flexibility index (Phi) is 2.51. The Morgan fingerprint density at radius 2 is 1.71 bits per heavy atom. The summed E-state index contributed by atoms with van der Waals surface area (Å²) in [5, 5.41) is 9.92. The number of pyridine rings is 2. The van der Waals surface area contributed by atoms with Crippen molar-refractivity contribution < 1.29 is 5.11 Å². The van der Waals surface area contributed by atoms with Gasteiger partial charge >= 0.3 is 0 Å². The van der Waals surface area contributed by atoms with Gasteiger partial charge in [-0.3, -0.25) is 9.97 Å². The van der Waals surface area contributed by atoms with Crippen molar-refractivity contribution in [2.24, 2.45) is 0 Å². The lowest BCUT2D eigenvalue weighted by Gasteiger charge is -2.09. The maximum absolute atomic E-state index is 9.92. The lowest BCUT2D eigenvalue weighted by Crippen LogP contribution is -1.99. The summed E-state index contributed by atoms with van der Waals surface area (Å²) in [6.45, 7) is 0. The normalized spacial score (nSPS) is 12.4. The molecule has 0 spiro atoms. The van der Waals surface area contributed by atoms with Gasteiger partial charge in [0, 0.05) is 30.4 Å². The summed E-state index contributed by atoms with van der Waals surface area (Å²) < 4.78 is 0. The molecule has 3 nitrogen and oxygen atoms in total. The predicted molar refractivity (Wildman–Crippen MR) is 52.5 cm³/mol. The maximum Gasteiger partial charge on any atom is 0.106 e. The van der Waals surface area contributed by atoms with Crippen molar-refractivity contribution in [2.75, 3.05) is 0 Å². The van der Waals surface area contributed by atoms with E-state index in [1.165, 1.54) is 0 Å². The van der Waals surface area contributed by atoms with Gasteiger partial charge in [0.2, 0.25) is 0 Å². The number of aromatic nitrogens is 2. The zero-order valence-corrected chi connectivity index (χ0v) is 7.54. The molecule has 3 heteroatoms. The van der Waals surface area contributed by atoms with Crippen molar-refractivity contribution in [2.45, 2.75) is 6.10 Å². The van der Waals surface area contributed by atoms with E-state index in [9.17, 15) is 5.11 Å². The summed E-state index contributed by atoms with van der Waals surface area (Å²) in [5.74, 6) is 0. The summed E-state index contributed by atoms with van der Waals surface area (Å²) in [5.41, 5.74) is 1.62. The molecule has 0 fully saturated rings. The van der Waals surface area contributed by atoms with E-state index >= 15 is 0 Å². The first-order valence-electron chi connectivity index (χ1n) is 4.36. The van der Waals surface area contributed by atoms with E-state index in [1.54, 1.807) is 43.0 Å². The summed E-state index contributed by atoms with van der Waals surface area (Å²) >= 11 is 0. The van der Waals surface area contributed by atoms with Gasteiger partial charge in [0.05, 0.1) is 0 Å². The highest BCUT2D eigenvalue weighted by Gasteiger charge is 2.08. The van der Waals surface area contributed by atoms with Crippen molar-refractivity contribution in [1.29, 1.82) is 0 Å². The number of hydrogen-bond acceptors (Lipinski definition) is 3. The highest BCUT2D eigenvalue weighted by Crippen LogP contribution is 2.19. The van der Waals surface area contributed by atoms with Gasteiger partial charge in [-0.25, -0.2) is 0 Å². The second-order valence-corrected chi connectivity index (χ2v) is 2.97. The van der Waals surface area contributed by atoms with Crippen molar-refractivity contribution in [3.8, 4) is 0 Å². The zero-order chi connectivity index (χ0) is 9.80. The van der Waals surface area contributed by atoms with Crippen molar-refractivity contribution in [1.82, 2.24) is 9.97 Å². The highest BCUT2D eigenvalue weighted by atomic mass is 16.3. The standard InChI is InChI=1S/C11H10N2O/c14-11(9-3-6-12-7-4-9)10-2-1-5-13-8-10/h1-8,11,14H. The molecule has 0 bridgehead atoms. The summed E-state index contributed by atoms with van der Waals surface area (Å²) in [7, 11) is 0. The van der Waals surface area contributed by atoms with Crippen LogP contribution < -0.4 is 0 Å². The number of rotatable bonds is 2. The quantitative estimate of drug-likeness (QED) is 0.774. The zero-order valence-electron chi connectivity index (χ0n) is 7.54. The number of aliphatic hydroxyl groups excluding tert-OH is 1. The van der Waals surface area contributed by atoms with Crippen molar-refractivity contribution in [3.05, 3.63) is 60.2 Å². The maximum atomic E-state index is 9.92. The monoisotopic (exact) mass is 186 g/mol. The Morgan fingerprint density at radius 1 is 0.929 bits per heavy atom. The van der Waals surface area contributed by atoms with Gasteiger partial charge in [0.15, 0.2) is 0 Å². The third kappa shape index (κ3) is 1.78. The van der Waals surface area contributed by atoms with Crippen LogP contribution in [0, 0.1) is 0 Å². The minimum Gasteiger partial charge on any atom is -0.384 e. The number of hydrogen-bond donors (Lipinski definition) is 1. The van der Waals surface area contributed by atoms with Gasteiger partial charge in [-0.05, 0) is 23.8 Å². The summed E-state index contributed by atoms with van der Waals surface area (Å²) in [6.07, 6.45) is 6.05. The Hall–Kier alpha value is -1.74. The third-order valence-electron chi connectivity index (χ3n) is 2.02. The molecule has 14 heavy (non-hydrogen) atoms. The fourth-order valence-electron chi connectivity index (χ4n) is 1.28. The van der Waals surface area contributed by atoms with Crippen LogP contribution in [0.25, 0.3) is 0 Å². The number of aliphatic hydroxyl groups is 1. The molecule has 0 saturated heterocycles. The van der Waals surface area contributed by atoms with Gasteiger partial charge in [-0.2, -0.15) is 0 Å². The smallest absolute Gasteiger partial charge is 0.106 e. The Morgan fingerprint density at radius 3 is 2.36 bits per heavy atom. The minimum absolute atomic E-state index is 0.619. The summed E-state index contributed by atoms with van der Waals surface area (Å²) in [6, 6.07) is 7.23. The molecule has 2 aromatic rings. The molecule has 0 aliphatic heterocycles. The van der Waals surface area contributed by atoms with Crippen LogP contribution in [0.4, 0.5) is 0 Å². The van der Waals surface area contributed by atoms with Crippen LogP contribution in [0.3, 0.4) is 0 Å². The van der Waals surface area contributed by atoms with Crippen LogP contribution in [0.15, 0.2) is 49.1 Å². The lowest BCUT2D eigenvalue weighted by atomic mass is 10.1. The van der Waals surface area contributed by atoms with Gasteiger partial charge in [-0.15, -0.1) is 0 Å². The fourth-order valence-corrected chi connectivity index (χ4v) is 1.28. The molecule has 1 N–H and O–H groups in total. The molecule has 0 aliphatic carbocycles. The van der Waals surface area contributed by atoms with E-state index in [4.69, 9.17) is 0 Å². The molecule has 2 rings (SSSR count). The van der Waals surface area contributed by atoms with E-state index in [0.29, 0.717) is 0 Å². The molecule has 70 valence electrons. The Balaban J connectivity index is 2.30. The SMILES string of the molecule is OC(c1ccncc1)c1cccnc1. The average Bonchev–Trinajstić information content (AvgIpc) is 2.30. The van der Waals surface area contributed by atoms with Crippen LogP contribution in [0.5, 0.6) is 0 Å². The fraction of sp³-hybridized carbons (Fsp3) is 0.0909. The van der Waals surface area contributed by atoms with Gasteiger partial charge in [0.1, 0.15) is 6.10 Å². The molecule has 1 unspecified atom stereocenters.